The van der Waals surface area contributed by atoms with Gasteiger partial charge in [0, 0.05) is 13.2 Å². The summed E-state index contributed by atoms with van der Waals surface area (Å²) >= 11 is 0. The van der Waals surface area contributed by atoms with E-state index in [1.165, 1.54) is 16.7 Å². The third kappa shape index (κ3) is 5.33. The van der Waals surface area contributed by atoms with Crippen LogP contribution in [-0.4, -0.2) is 26.3 Å². The van der Waals surface area contributed by atoms with Crippen molar-refractivity contribution in [3.8, 4) is 0 Å². The molecule has 0 aliphatic heterocycles. The van der Waals surface area contributed by atoms with Gasteiger partial charge in [0.1, 0.15) is 0 Å². The van der Waals surface area contributed by atoms with E-state index in [1.54, 1.807) is 7.11 Å². The van der Waals surface area contributed by atoms with Gasteiger partial charge < -0.3 is 10.1 Å². The van der Waals surface area contributed by atoms with E-state index in [-0.39, 0.29) is 0 Å². The third-order valence-electron chi connectivity index (χ3n) is 2.81. The van der Waals surface area contributed by atoms with E-state index in [0.29, 0.717) is 6.04 Å². The Balaban J connectivity index is 2.63. The lowest BCUT2D eigenvalue weighted by atomic mass is 10.0. The zero-order valence-electron chi connectivity index (χ0n) is 11.5. The Morgan fingerprint density at radius 2 is 1.82 bits per heavy atom. The Morgan fingerprint density at radius 3 is 2.35 bits per heavy atom. The molecule has 0 heterocycles. The van der Waals surface area contributed by atoms with Crippen molar-refractivity contribution in [2.45, 2.75) is 39.7 Å². The van der Waals surface area contributed by atoms with E-state index >= 15 is 0 Å². The quantitative estimate of drug-likeness (QED) is 0.784. The predicted octanol–water partition coefficient (Wildman–Crippen LogP) is 2.86. The van der Waals surface area contributed by atoms with Crippen molar-refractivity contribution in [3.05, 3.63) is 34.9 Å². The van der Waals surface area contributed by atoms with Crippen molar-refractivity contribution in [1.82, 2.24) is 5.32 Å². The summed E-state index contributed by atoms with van der Waals surface area (Å²) in [7, 11) is 1.77. The Labute approximate surface area is 105 Å². The van der Waals surface area contributed by atoms with Crippen LogP contribution in [0.3, 0.4) is 0 Å². The Hall–Kier alpha value is -0.860. The van der Waals surface area contributed by atoms with Crippen LogP contribution in [0.2, 0.25) is 0 Å². The molecule has 0 amide bonds. The largest absolute Gasteiger partial charge is 0.383 e. The molecule has 1 aromatic rings. The molecule has 0 fully saturated rings. The van der Waals surface area contributed by atoms with Crippen LogP contribution >= 0.6 is 0 Å². The number of ether oxygens (including phenoxy) is 1. The average Bonchev–Trinajstić information content (AvgIpc) is 2.24. The van der Waals surface area contributed by atoms with Crippen LogP contribution in [0.1, 0.15) is 30.0 Å². The van der Waals surface area contributed by atoms with Crippen molar-refractivity contribution in [3.63, 3.8) is 0 Å². The molecule has 0 saturated carbocycles. The number of hydrogen-bond donors (Lipinski definition) is 1. The SMILES string of the molecule is CCCNC(COC)Cc1cc(C)cc(C)c1. The zero-order chi connectivity index (χ0) is 12.7. The molecule has 1 N–H and O–H groups in total. The maximum absolute atomic E-state index is 5.27. The highest BCUT2D eigenvalue weighted by atomic mass is 16.5. The number of aryl methyl sites for hydroxylation is 2. The lowest BCUT2D eigenvalue weighted by Crippen LogP contribution is -2.35. The van der Waals surface area contributed by atoms with E-state index < -0.39 is 0 Å². The third-order valence-corrected chi connectivity index (χ3v) is 2.81. The summed E-state index contributed by atoms with van der Waals surface area (Å²) in [4.78, 5) is 0. The van der Waals surface area contributed by atoms with Crippen LogP contribution in [0, 0.1) is 13.8 Å². The molecule has 17 heavy (non-hydrogen) atoms. The summed E-state index contributed by atoms with van der Waals surface area (Å²) < 4.78 is 5.27. The van der Waals surface area contributed by atoms with Gasteiger partial charge in [0.15, 0.2) is 0 Å². The van der Waals surface area contributed by atoms with Crippen molar-refractivity contribution < 1.29 is 4.74 Å². The molecule has 0 radical (unpaired) electrons. The van der Waals surface area contributed by atoms with Crippen molar-refractivity contribution in [2.75, 3.05) is 20.3 Å². The van der Waals surface area contributed by atoms with Gasteiger partial charge in [-0.15, -0.1) is 0 Å². The molecule has 1 aromatic carbocycles. The summed E-state index contributed by atoms with van der Waals surface area (Å²) in [6.07, 6.45) is 2.20. The van der Waals surface area contributed by atoms with E-state index in [2.05, 4.69) is 44.3 Å². The number of methoxy groups -OCH3 is 1. The highest BCUT2D eigenvalue weighted by Crippen LogP contribution is 2.11. The van der Waals surface area contributed by atoms with Gasteiger partial charge in [-0.1, -0.05) is 36.2 Å². The summed E-state index contributed by atoms with van der Waals surface area (Å²) in [6, 6.07) is 7.17. The highest BCUT2D eigenvalue weighted by molar-refractivity contribution is 5.29. The van der Waals surface area contributed by atoms with Crippen LogP contribution in [-0.2, 0) is 11.2 Å². The molecular formula is C15H25NO. The number of rotatable bonds is 7. The normalized spacial score (nSPS) is 12.7. The summed E-state index contributed by atoms with van der Waals surface area (Å²) in [6.45, 7) is 8.32. The predicted molar refractivity (Wildman–Crippen MR) is 73.6 cm³/mol. The number of nitrogens with one attached hydrogen (secondary N) is 1. The maximum atomic E-state index is 5.27. The number of benzene rings is 1. The van der Waals surface area contributed by atoms with Gasteiger partial charge in [0.05, 0.1) is 6.61 Å². The van der Waals surface area contributed by atoms with Crippen molar-refractivity contribution in [2.24, 2.45) is 0 Å². The first kappa shape index (κ1) is 14.2. The standard InChI is InChI=1S/C15H25NO/c1-5-6-16-15(11-17-4)10-14-8-12(2)7-13(3)9-14/h7-9,15-16H,5-6,10-11H2,1-4H3. The average molecular weight is 235 g/mol. The topological polar surface area (TPSA) is 21.3 Å². The van der Waals surface area contributed by atoms with Crippen molar-refractivity contribution >= 4 is 0 Å². The van der Waals surface area contributed by atoms with Gasteiger partial charge >= 0.3 is 0 Å². The smallest absolute Gasteiger partial charge is 0.0619 e. The fourth-order valence-electron chi connectivity index (χ4n) is 2.21. The lowest BCUT2D eigenvalue weighted by molar-refractivity contribution is 0.166. The van der Waals surface area contributed by atoms with Gasteiger partial charge in [-0.2, -0.15) is 0 Å². The molecular weight excluding hydrogens is 210 g/mol. The zero-order valence-corrected chi connectivity index (χ0v) is 11.5. The van der Waals surface area contributed by atoms with Gasteiger partial charge in [-0.05, 0) is 38.8 Å². The van der Waals surface area contributed by atoms with Gasteiger partial charge in [-0.3, -0.25) is 0 Å². The van der Waals surface area contributed by atoms with Crippen LogP contribution in [0.5, 0.6) is 0 Å². The molecule has 0 bridgehead atoms. The molecule has 0 aromatic heterocycles. The Bertz CT molecular complexity index is 315. The fraction of sp³-hybridized carbons (Fsp3) is 0.600. The second-order valence-corrected chi connectivity index (χ2v) is 4.81. The highest BCUT2D eigenvalue weighted by Gasteiger charge is 2.08. The summed E-state index contributed by atoms with van der Waals surface area (Å²) in [5, 5.41) is 3.53. The molecule has 0 aliphatic carbocycles. The summed E-state index contributed by atoms with van der Waals surface area (Å²) in [5.74, 6) is 0. The molecule has 1 unspecified atom stereocenters. The maximum Gasteiger partial charge on any atom is 0.0619 e. The van der Waals surface area contributed by atoms with E-state index in [4.69, 9.17) is 4.74 Å². The first-order chi connectivity index (χ1) is 8.15. The van der Waals surface area contributed by atoms with E-state index in [9.17, 15) is 0 Å². The van der Waals surface area contributed by atoms with Gasteiger partial charge in [-0.25, -0.2) is 0 Å². The molecule has 1 rings (SSSR count). The molecule has 96 valence electrons. The fourth-order valence-corrected chi connectivity index (χ4v) is 2.21. The molecule has 0 spiro atoms. The second kappa shape index (κ2) is 7.46. The van der Waals surface area contributed by atoms with E-state index in [0.717, 1.165) is 26.0 Å². The Morgan fingerprint density at radius 1 is 1.18 bits per heavy atom. The number of hydrogen-bond acceptors (Lipinski definition) is 2. The first-order valence-corrected chi connectivity index (χ1v) is 6.45. The van der Waals surface area contributed by atoms with Gasteiger partial charge in [0.2, 0.25) is 0 Å². The molecule has 2 heteroatoms. The Kier molecular flexibility index (Phi) is 6.23. The van der Waals surface area contributed by atoms with Crippen LogP contribution in [0.4, 0.5) is 0 Å². The first-order valence-electron chi connectivity index (χ1n) is 6.45. The van der Waals surface area contributed by atoms with E-state index in [1.807, 2.05) is 0 Å². The minimum atomic E-state index is 0.418. The van der Waals surface area contributed by atoms with Crippen LogP contribution < -0.4 is 5.32 Å². The monoisotopic (exact) mass is 235 g/mol. The lowest BCUT2D eigenvalue weighted by Gasteiger charge is -2.18. The molecule has 0 aliphatic rings. The van der Waals surface area contributed by atoms with Crippen LogP contribution in [0.25, 0.3) is 0 Å². The van der Waals surface area contributed by atoms with Gasteiger partial charge in [0.25, 0.3) is 0 Å². The van der Waals surface area contributed by atoms with Crippen LogP contribution in [0.15, 0.2) is 18.2 Å². The molecule has 2 nitrogen and oxygen atoms in total. The minimum Gasteiger partial charge on any atom is -0.383 e. The minimum absolute atomic E-state index is 0.418. The second-order valence-electron chi connectivity index (χ2n) is 4.81. The molecule has 0 saturated heterocycles. The van der Waals surface area contributed by atoms with Crippen molar-refractivity contribution in [1.29, 1.82) is 0 Å². The summed E-state index contributed by atoms with van der Waals surface area (Å²) in [5.41, 5.74) is 4.08. The molecule has 1 atom stereocenters.